The smallest absolute Gasteiger partial charge is 0.0696 e. The van der Waals surface area contributed by atoms with Crippen molar-refractivity contribution in [3.05, 3.63) is 37.3 Å². The largest absolute Gasteiger partial charge is 1.00 e. The minimum Gasteiger partial charge on any atom is -1.00 e. The maximum absolute atomic E-state index is 4.66. The number of ether oxygens (including phenoxy) is 2. The van der Waals surface area contributed by atoms with Crippen LogP contribution >= 0.6 is 0 Å². The first-order chi connectivity index (χ1) is 6.83. The molecule has 0 aliphatic carbocycles. The minimum atomic E-state index is 0. The Balaban J connectivity index is -0.0000000280. The molecule has 1 aromatic rings. The molecule has 0 spiro atoms. The Labute approximate surface area is 150 Å². The maximum Gasteiger partial charge on any atom is 0.0696 e. The Bertz CT molecular complexity index is 132. The SMILES string of the molecule is COCCOC.[CH2-]CC.[Cl-].[Cl-].[Cl-].[Hf].c1cc[cH-]c1. The van der Waals surface area contributed by atoms with Gasteiger partial charge in [-0.25, -0.2) is 12.1 Å². The van der Waals surface area contributed by atoms with E-state index in [1.807, 2.05) is 37.3 Å². The van der Waals surface area contributed by atoms with Crippen LogP contribution in [0.4, 0.5) is 0 Å². The molecular weight excluding hydrogens is 461 g/mol. The summed E-state index contributed by atoms with van der Waals surface area (Å²) in [5.41, 5.74) is 0. The second-order valence-electron chi connectivity index (χ2n) is 2.45. The van der Waals surface area contributed by atoms with Crippen molar-refractivity contribution in [3.8, 4) is 0 Å². The van der Waals surface area contributed by atoms with Crippen LogP contribution in [0, 0.1) is 6.92 Å². The van der Waals surface area contributed by atoms with Crippen LogP contribution < -0.4 is 37.2 Å². The normalized spacial score (nSPS) is 6.22. The van der Waals surface area contributed by atoms with E-state index < -0.39 is 0 Å². The average Bonchev–Trinajstić information content (AvgIpc) is 2.74. The summed E-state index contributed by atoms with van der Waals surface area (Å²) in [7, 11) is 3.30. The minimum absolute atomic E-state index is 0. The quantitative estimate of drug-likeness (QED) is 0.242. The van der Waals surface area contributed by atoms with Gasteiger partial charge in [-0.05, 0) is 0 Å². The van der Waals surface area contributed by atoms with Crippen molar-refractivity contribution in [2.45, 2.75) is 13.3 Å². The van der Waals surface area contributed by atoms with Gasteiger partial charge in [0.25, 0.3) is 0 Å². The van der Waals surface area contributed by atoms with E-state index in [0.717, 1.165) is 6.42 Å². The van der Waals surface area contributed by atoms with E-state index in [1.54, 1.807) is 14.2 Å². The second kappa shape index (κ2) is 43.0. The molecule has 0 aromatic heterocycles. The molecule has 6 heteroatoms. The van der Waals surface area contributed by atoms with Crippen LogP contribution in [-0.4, -0.2) is 27.4 Å². The summed E-state index contributed by atoms with van der Waals surface area (Å²) in [5.74, 6) is 0. The summed E-state index contributed by atoms with van der Waals surface area (Å²) >= 11 is 0. The monoisotopic (exact) mass is 483 g/mol. The van der Waals surface area contributed by atoms with E-state index in [4.69, 9.17) is 0 Å². The van der Waals surface area contributed by atoms with E-state index >= 15 is 0 Å². The van der Waals surface area contributed by atoms with Gasteiger partial charge in [-0.3, -0.25) is 0 Å². The summed E-state index contributed by atoms with van der Waals surface area (Å²) in [5, 5.41) is 0. The van der Waals surface area contributed by atoms with E-state index in [-0.39, 0.29) is 63.1 Å². The third kappa shape index (κ3) is 53.7. The van der Waals surface area contributed by atoms with Crippen molar-refractivity contribution in [3.63, 3.8) is 0 Å². The van der Waals surface area contributed by atoms with Crippen molar-refractivity contribution in [2.24, 2.45) is 0 Å². The fourth-order valence-electron chi connectivity index (χ4n) is 0.487. The molecule has 112 valence electrons. The summed E-state index contributed by atoms with van der Waals surface area (Å²) in [6, 6.07) is 10.0. The summed E-state index contributed by atoms with van der Waals surface area (Å²) in [6.07, 6.45) is 1.00. The summed E-state index contributed by atoms with van der Waals surface area (Å²) in [6.45, 7) is 6.88. The van der Waals surface area contributed by atoms with Crippen LogP contribution in [-0.2, 0) is 35.3 Å². The first-order valence-electron chi connectivity index (χ1n) is 4.77. The molecule has 0 unspecified atom stereocenters. The van der Waals surface area contributed by atoms with Crippen LogP contribution in [0.2, 0.25) is 0 Å². The maximum atomic E-state index is 4.66. The fraction of sp³-hybridized carbons (Fsp3) is 0.500. The fourth-order valence-corrected chi connectivity index (χ4v) is 0.487. The molecule has 2 nitrogen and oxygen atoms in total. The van der Waals surface area contributed by atoms with Gasteiger partial charge in [-0.15, -0.1) is 0 Å². The van der Waals surface area contributed by atoms with Crippen molar-refractivity contribution < 1.29 is 72.5 Å². The first kappa shape index (κ1) is 36.4. The summed E-state index contributed by atoms with van der Waals surface area (Å²) < 4.78 is 9.31. The van der Waals surface area contributed by atoms with E-state index in [2.05, 4.69) is 16.4 Å². The second-order valence-corrected chi connectivity index (χ2v) is 2.45. The Morgan fingerprint density at radius 2 is 1.22 bits per heavy atom. The van der Waals surface area contributed by atoms with Crippen LogP contribution in [0.1, 0.15) is 13.3 Å². The molecule has 0 N–H and O–H groups in total. The number of halogens is 3. The average molecular weight is 483 g/mol. The third-order valence-corrected chi connectivity index (χ3v) is 1.05. The molecule has 0 radical (unpaired) electrons. The molecule has 18 heavy (non-hydrogen) atoms. The molecule has 0 fully saturated rings. The van der Waals surface area contributed by atoms with E-state index in [0.29, 0.717) is 13.2 Å². The zero-order valence-electron chi connectivity index (χ0n) is 11.2. The Kier molecular flexibility index (Phi) is 87.0. The molecule has 0 bridgehead atoms. The van der Waals surface area contributed by atoms with Crippen LogP contribution in [0.15, 0.2) is 30.3 Å². The number of hydrogen-bond acceptors (Lipinski definition) is 2. The van der Waals surface area contributed by atoms with Gasteiger partial charge in [-0.2, -0.15) is 24.6 Å². The topological polar surface area (TPSA) is 18.5 Å². The van der Waals surface area contributed by atoms with E-state index in [9.17, 15) is 0 Å². The first-order valence-corrected chi connectivity index (χ1v) is 4.77. The van der Waals surface area contributed by atoms with Gasteiger partial charge in [0.15, 0.2) is 0 Å². The van der Waals surface area contributed by atoms with Gasteiger partial charge in [0.1, 0.15) is 0 Å². The van der Waals surface area contributed by atoms with Gasteiger partial charge in [0.05, 0.1) is 13.2 Å². The molecule has 1 rings (SSSR count). The van der Waals surface area contributed by atoms with Crippen LogP contribution in [0.25, 0.3) is 0 Å². The standard InChI is InChI=1S/C5H5.C4H10O2.C3H7.3ClH.Hf/c1-2-4-5-3-1;1-5-3-4-6-2;1-3-2;;;;/h1-5H;3-4H2,1-2H3;1,3H2,2H3;3*1H;/q-1;;-1;;;;/p-3. The van der Waals surface area contributed by atoms with Gasteiger partial charge < -0.3 is 53.6 Å². The van der Waals surface area contributed by atoms with Gasteiger partial charge in [0.2, 0.25) is 0 Å². The molecule has 0 saturated carbocycles. The Morgan fingerprint density at radius 3 is 1.33 bits per heavy atom. The molecule has 0 amide bonds. The van der Waals surface area contributed by atoms with Gasteiger partial charge in [0, 0.05) is 40.1 Å². The van der Waals surface area contributed by atoms with Gasteiger partial charge >= 0.3 is 0 Å². The molecule has 0 heterocycles. The zero-order chi connectivity index (χ0) is 11.1. The third-order valence-electron chi connectivity index (χ3n) is 1.05. The van der Waals surface area contributed by atoms with Crippen molar-refractivity contribution >= 4 is 0 Å². The molecule has 0 atom stereocenters. The predicted molar refractivity (Wildman–Crippen MR) is 61.4 cm³/mol. The number of methoxy groups -OCH3 is 2. The van der Waals surface area contributed by atoms with E-state index in [1.165, 1.54) is 0 Å². The number of rotatable bonds is 3. The molecular formula is C12H22Cl3HfO2-5. The Hall–Kier alpha value is 1.01. The molecule has 0 saturated heterocycles. The predicted octanol–water partition coefficient (Wildman–Crippen LogP) is -6.08. The Morgan fingerprint density at radius 1 is 0.944 bits per heavy atom. The van der Waals surface area contributed by atoms with Crippen molar-refractivity contribution in [2.75, 3.05) is 27.4 Å². The molecule has 0 aliphatic rings. The van der Waals surface area contributed by atoms with Crippen LogP contribution in [0.5, 0.6) is 0 Å². The van der Waals surface area contributed by atoms with Crippen molar-refractivity contribution in [1.29, 1.82) is 0 Å². The molecule has 0 aliphatic heterocycles. The van der Waals surface area contributed by atoms with Gasteiger partial charge in [-0.1, -0.05) is 6.92 Å². The summed E-state index contributed by atoms with van der Waals surface area (Å²) in [4.78, 5) is 0. The zero-order valence-corrected chi connectivity index (χ0v) is 17.0. The van der Waals surface area contributed by atoms with Crippen LogP contribution in [0.3, 0.4) is 0 Å². The number of hydrogen-bond donors (Lipinski definition) is 0. The molecule has 1 aromatic carbocycles. The van der Waals surface area contributed by atoms with Crippen molar-refractivity contribution in [1.82, 2.24) is 0 Å².